The van der Waals surface area contributed by atoms with Crippen molar-refractivity contribution in [1.82, 2.24) is 19.5 Å². The van der Waals surface area contributed by atoms with Crippen molar-refractivity contribution in [2.24, 2.45) is 5.92 Å². The molecule has 4 rings (SSSR count). The SMILES string of the molecule is Cc1nc2sc([C@H](c3ccc(F)cc3)N3CCC[C@H](C)C3)c(O)n2n1. The van der Waals surface area contributed by atoms with E-state index in [9.17, 15) is 9.50 Å². The lowest BCUT2D eigenvalue weighted by atomic mass is 9.95. The molecular weight excluding hydrogens is 339 g/mol. The van der Waals surface area contributed by atoms with Gasteiger partial charge in [-0.3, -0.25) is 4.90 Å². The van der Waals surface area contributed by atoms with E-state index < -0.39 is 0 Å². The molecule has 0 amide bonds. The van der Waals surface area contributed by atoms with Crippen LogP contribution in [0.1, 0.15) is 42.1 Å². The maximum Gasteiger partial charge on any atom is 0.230 e. The first-order valence-electron chi connectivity index (χ1n) is 8.57. The Kier molecular flexibility index (Phi) is 4.21. The molecule has 1 aliphatic heterocycles. The minimum atomic E-state index is -0.253. The third-order valence-corrected chi connectivity index (χ3v) is 5.87. The maximum atomic E-state index is 13.4. The maximum absolute atomic E-state index is 13.4. The van der Waals surface area contributed by atoms with Crippen LogP contribution in [0.3, 0.4) is 0 Å². The van der Waals surface area contributed by atoms with Gasteiger partial charge in [0.05, 0.1) is 10.9 Å². The third kappa shape index (κ3) is 3.02. The molecule has 1 aromatic carbocycles. The first kappa shape index (κ1) is 16.5. The fourth-order valence-corrected chi connectivity index (χ4v) is 4.82. The van der Waals surface area contributed by atoms with E-state index in [0.717, 1.165) is 30.0 Å². The summed E-state index contributed by atoms with van der Waals surface area (Å²) in [5.74, 6) is 1.12. The van der Waals surface area contributed by atoms with Crippen molar-refractivity contribution in [1.29, 1.82) is 0 Å². The highest BCUT2D eigenvalue weighted by Gasteiger charge is 2.31. The number of thiazole rings is 1. The third-order valence-electron chi connectivity index (χ3n) is 4.79. The Labute approximate surface area is 149 Å². The highest BCUT2D eigenvalue weighted by Crippen LogP contribution is 2.41. The molecule has 2 aromatic heterocycles. The van der Waals surface area contributed by atoms with Gasteiger partial charge in [0.1, 0.15) is 11.6 Å². The van der Waals surface area contributed by atoms with Gasteiger partial charge in [0, 0.05) is 6.54 Å². The van der Waals surface area contributed by atoms with Gasteiger partial charge in [-0.05, 0) is 49.9 Å². The van der Waals surface area contributed by atoms with Gasteiger partial charge in [0.25, 0.3) is 0 Å². The minimum absolute atomic E-state index is 0.114. The summed E-state index contributed by atoms with van der Waals surface area (Å²) in [7, 11) is 0. The smallest absolute Gasteiger partial charge is 0.230 e. The molecule has 1 saturated heterocycles. The number of nitrogens with zero attached hydrogens (tertiary/aromatic N) is 4. The number of hydrogen-bond donors (Lipinski definition) is 1. The lowest BCUT2D eigenvalue weighted by molar-refractivity contribution is 0.149. The standard InChI is InChI=1S/C18H21FN4OS/c1-11-4-3-9-22(10-11)15(13-5-7-14(19)8-6-13)16-17(24)23-18(25-16)20-12(2)21-23/h5-8,11,15,24H,3-4,9-10H2,1-2H3/t11-,15-/m0/s1. The Morgan fingerprint density at radius 2 is 2.08 bits per heavy atom. The van der Waals surface area contributed by atoms with E-state index in [1.165, 1.54) is 34.4 Å². The van der Waals surface area contributed by atoms with Gasteiger partial charge in [0.2, 0.25) is 10.8 Å². The lowest BCUT2D eigenvalue weighted by Gasteiger charge is -2.37. The van der Waals surface area contributed by atoms with E-state index in [1.807, 2.05) is 6.92 Å². The first-order chi connectivity index (χ1) is 12.0. The van der Waals surface area contributed by atoms with Crippen molar-refractivity contribution in [3.05, 3.63) is 46.3 Å². The Bertz CT molecular complexity index is 889. The van der Waals surface area contributed by atoms with Crippen molar-refractivity contribution >= 4 is 16.3 Å². The molecule has 0 spiro atoms. The van der Waals surface area contributed by atoms with Crippen molar-refractivity contribution in [2.45, 2.75) is 32.7 Å². The van der Waals surface area contributed by atoms with Crippen LogP contribution >= 0.6 is 11.3 Å². The largest absolute Gasteiger partial charge is 0.492 e. The predicted octanol–water partition coefficient (Wildman–Crippen LogP) is 3.77. The topological polar surface area (TPSA) is 53.7 Å². The van der Waals surface area contributed by atoms with Crippen molar-refractivity contribution in [3.63, 3.8) is 0 Å². The first-order valence-corrected chi connectivity index (χ1v) is 9.39. The van der Waals surface area contributed by atoms with Crippen LogP contribution < -0.4 is 0 Å². The summed E-state index contributed by atoms with van der Waals surface area (Å²) in [5, 5.41) is 15.0. The molecule has 3 heterocycles. The Balaban J connectivity index is 1.81. The van der Waals surface area contributed by atoms with Crippen molar-refractivity contribution in [2.75, 3.05) is 13.1 Å². The molecule has 132 valence electrons. The number of piperidine rings is 1. The molecule has 1 N–H and O–H groups in total. The normalized spacial score (nSPS) is 20.2. The summed E-state index contributed by atoms with van der Waals surface area (Å²) in [6, 6.07) is 6.46. The molecule has 0 aliphatic carbocycles. The molecule has 2 atom stereocenters. The zero-order chi connectivity index (χ0) is 17.6. The second kappa shape index (κ2) is 6.38. The average Bonchev–Trinajstić information content (AvgIpc) is 3.08. The van der Waals surface area contributed by atoms with Crippen LogP contribution in [0.2, 0.25) is 0 Å². The second-order valence-corrected chi connectivity index (χ2v) is 7.85. The van der Waals surface area contributed by atoms with Crippen LogP contribution in [0.5, 0.6) is 5.88 Å². The van der Waals surface area contributed by atoms with Gasteiger partial charge in [0.15, 0.2) is 0 Å². The van der Waals surface area contributed by atoms with Gasteiger partial charge in [-0.2, -0.15) is 4.52 Å². The van der Waals surface area contributed by atoms with Gasteiger partial charge in [-0.15, -0.1) is 5.10 Å². The minimum Gasteiger partial charge on any atom is -0.492 e. The van der Waals surface area contributed by atoms with Crippen LogP contribution in [0.15, 0.2) is 24.3 Å². The highest BCUT2D eigenvalue weighted by atomic mass is 32.1. The molecule has 1 aliphatic rings. The van der Waals surface area contributed by atoms with E-state index in [2.05, 4.69) is 21.9 Å². The van der Waals surface area contributed by atoms with E-state index in [0.29, 0.717) is 16.7 Å². The summed E-state index contributed by atoms with van der Waals surface area (Å²) < 4.78 is 14.9. The Morgan fingerprint density at radius 1 is 1.32 bits per heavy atom. The lowest BCUT2D eigenvalue weighted by Crippen LogP contribution is -2.37. The number of likely N-dealkylation sites (tertiary alicyclic amines) is 1. The zero-order valence-corrected chi connectivity index (χ0v) is 15.1. The molecule has 3 aromatic rings. The predicted molar refractivity (Wildman–Crippen MR) is 95.5 cm³/mol. The number of hydrogen-bond acceptors (Lipinski definition) is 5. The average molecular weight is 360 g/mol. The Hall–Kier alpha value is -1.99. The van der Waals surface area contributed by atoms with Crippen molar-refractivity contribution < 1.29 is 9.50 Å². The van der Waals surface area contributed by atoms with Crippen LogP contribution in [0.4, 0.5) is 4.39 Å². The molecule has 1 fully saturated rings. The monoisotopic (exact) mass is 360 g/mol. The summed E-state index contributed by atoms with van der Waals surface area (Å²) in [4.78, 5) is 8.25. The highest BCUT2D eigenvalue weighted by molar-refractivity contribution is 7.17. The molecule has 0 radical (unpaired) electrons. The van der Waals surface area contributed by atoms with Crippen LogP contribution in [0, 0.1) is 18.7 Å². The van der Waals surface area contributed by atoms with Gasteiger partial charge < -0.3 is 5.11 Å². The summed E-state index contributed by atoms with van der Waals surface area (Å²) in [6.07, 6.45) is 2.34. The number of rotatable bonds is 3. The van der Waals surface area contributed by atoms with Crippen LogP contribution in [-0.2, 0) is 0 Å². The van der Waals surface area contributed by atoms with Gasteiger partial charge in [-0.1, -0.05) is 30.4 Å². The van der Waals surface area contributed by atoms with E-state index in [4.69, 9.17) is 0 Å². The number of aryl methyl sites for hydroxylation is 1. The fraction of sp³-hybridized carbons (Fsp3) is 0.444. The van der Waals surface area contributed by atoms with Crippen molar-refractivity contribution in [3.8, 4) is 5.88 Å². The molecule has 0 saturated carbocycles. The van der Waals surface area contributed by atoms with Gasteiger partial charge >= 0.3 is 0 Å². The van der Waals surface area contributed by atoms with E-state index in [-0.39, 0.29) is 17.7 Å². The molecule has 25 heavy (non-hydrogen) atoms. The Morgan fingerprint density at radius 3 is 2.76 bits per heavy atom. The number of halogens is 1. The van der Waals surface area contributed by atoms with Crippen LogP contribution in [0.25, 0.3) is 4.96 Å². The molecule has 0 unspecified atom stereocenters. The zero-order valence-electron chi connectivity index (χ0n) is 14.3. The number of benzene rings is 1. The number of fused-ring (bicyclic) bond motifs is 1. The van der Waals surface area contributed by atoms with E-state index in [1.54, 1.807) is 12.1 Å². The molecular formula is C18H21FN4OS. The molecule has 0 bridgehead atoms. The summed E-state index contributed by atoms with van der Waals surface area (Å²) >= 11 is 1.45. The van der Waals surface area contributed by atoms with Gasteiger partial charge in [-0.25, -0.2) is 9.37 Å². The summed E-state index contributed by atoms with van der Waals surface area (Å²) in [5.41, 5.74) is 0.979. The molecule has 7 heteroatoms. The number of aromatic hydroxyl groups is 1. The number of aromatic nitrogens is 3. The second-order valence-electron chi connectivity index (χ2n) is 6.84. The quantitative estimate of drug-likeness (QED) is 0.773. The fourth-order valence-electron chi connectivity index (χ4n) is 3.66. The molecule has 5 nitrogen and oxygen atoms in total. The summed E-state index contributed by atoms with van der Waals surface area (Å²) in [6.45, 7) is 5.97. The van der Waals surface area contributed by atoms with Crippen LogP contribution in [-0.4, -0.2) is 37.7 Å². The van der Waals surface area contributed by atoms with E-state index >= 15 is 0 Å².